The van der Waals surface area contributed by atoms with Crippen LogP contribution in [0.1, 0.15) is 27.9 Å². The standard InChI is InChI=1S/C20H25N3O4S/c1-27-19-7-4-16(11-17(19)10-15-8-9-22-12-15)20(24)23-13-14-2-5-18(6-3-14)28(21,25)26/h2-7,11,15,22H,8-10,12-13H2,1H3,(H,23,24)(H2,21,25,26). The first kappa shape index (κ1) is 20.3. The van der Waals surface area contributed by atoms with Crippen LogP contribution in [0.3, 0.4) is 0 Å². The van der Waals surface area contributed by atoms with Gasteiger partial charge in [0, 0.05) is 12.1 Å². The van der Waals surface area contributed by atoms with E-state index in [9.17, 15) is 13.2 Å². The Bertz CT molecular complexity index is 936. The molecule has 0 aromatic heterocycles. The highest BCUT2D eigenvalue weighted by molar-refractivity contribution is 7.89. The minimum Gasteiger partial charge on any atom is -0.496 e. The Kier molecular flexibility index (Phi) is 6.33. The van der Waals surface area contributed by atoms with Crippen LogP contribution in [0.15, 0.2) is 47.4 Å². The van der Waals surface area contributed by atoms with Gasteiger partial charge in [0.1, 0.15) is 5.75 Å². The summed E-state index contributed by atoms with van der Waals surface area (Å²) in [6, 6.07) is 11.6. The third-order valence-electron chi connectivity index (χ3n) is 4.92. The maximum absolute atomic E-state index is 12.6. The van der Waals surface area contributed by atoms with Gasteiger partial charge in [-0.1, -0.05) is 12.1 Å². The normalized spacial score (nSPS) is 16.7. The van der Waals surface area contributed by atoms with E-state index in [1.165, 1.54) is 12.1 Å². The monoisotopic (exact) mass is 403 g/mol. The first-order chi connectivity index (χ1) is 13.4. The number of primary sulfonamides is 1. The van der Waals surface area contributed by atoms with Crippen molar-refractivity contribution in [2.45, 2.75) is 24.3 Å². The third-order valence-corrected chi connectivity index (χ3v) is 5.85. The lowest BCUT2D eigenvalue weighted by molar-refractivity contribution is 0.0950. The highest BCUT2D eigenvalue weighted by Gasteiger charge is 2.18. The zero-order chi connectivity index (χ0) is 20.1. The van der Waals surface area contributed by atoms with E-state index in [-0.39, 0.29) is 17.3 Å². The van der Waals surface area contributed by atoms with Gasteiger partial charge in [-0.15, -0.1) is 0 Å². The van der Waals surface area contributed by atoms with Gasteiger partial charge < -0.3 is 15.4 Å². The molecule has 1 amide bonds. The summed E-state index contributed by atoms with van der Waals surface area (Å²) in [6.45, 7) is 2.29. The molecule has 0 aliphatic carbocycles. The molecule has 0 radical (unpaired) electrons. The Morgan fingerprint density at radius 1 is 1.25 bits per heavy atom. The molecule has 0 spiro atoms. The fourth-order valence-electron chi connectivity index (χ4n) is 3.36. The van der Waals surface area contributed by atoms with Gasteiger partial charge in [-0.3, -0.25) is 4.79 Å². The number of benzene rings is 2. The van der Waals surface area contributed by atoms with Crippen molar-refractivity contribution in [3.05, 3.63) is 59.2 Å². The molecule has 0 bridgehead atoms. The summed E-state index contributed by atoms with van der Waals surface area (Å²) in [5.41, 5.74) is 2.38. The molecular weight excluding hydrogens is 378 g/mol. The third kappa shape index (κ3) is 5.09. The van der Waals surface area contributed by atoms with E-state index >= 15 is 0 Å². The van der Waals surface area contributed by atoms with Gasteiger partial charge in [0.2, 0.25) is 10.0 Å². The quantitative estimate of drug-likeness (QED) is 0.648. The number of sulfonamides is 1. The molecular formula is C20H25N3O4S. The zero-order valence-electron chi connectivity index (χ0n) is 15.8. The predicted molar refractivity (Wildman–Crippen MR) is 107 cm³/mol. The maximum Gasteiger partial charge on any atom is 0.251 e. The summed E-state index contributed by atoms with van der Waals surface area (Å²) in [5, 5.41) is 11.3. The van der Waals surface area contributed by atoms with Gasteiger partial charge in [-0.05, 0) is 73.3 Å². The van der Waals surface area contributed by atoms with E-state index < -0.39 is 10.0 Å². The highest BCUT2D eigenvalue weighted by Crippen LogP contribution is 2.25. The van der Waals surface area contributed by atoms with E-state index in [1.807, 2.05) is 12.1 Å². The van der Waals surface area contributed by atoms with Crippen LogP contribution in [0.5, 0.6) is 5.75 Å². The summed E-state index contributed by atoms with van der Waals surface area (Å²) < 4.78 is 28.0. The second-order valence-corrected chi connectivity index (χ2v) is 8.52. The van der Waals surface area contributed by atoms with Crippen LogP contribution < -0.4 is 20.5 Å². The number of hydrogen-bond donors (Lipinski definition) is 3. The summed E-state index contributed by atoms with van der Waals surface area (Å²) >= 11 is 0. The lowest BCUT2D eigenvalue weighted by Gasteiger charge is -2.14. The Morgan fingerprint density at radius 2 is 2.00 bits per heavy atom. The molecule has 1 aliphatic rings. The Labute approximate surface area is 165 Å². The first-order valence-electron chi connectivity index (χ1n) is 9.14. The number of amides is 1. The fraction of sp³-hybridized carbons (Fsp3) is 0.350. The van der Waals surface area contributed by atoms with Crippen molar-refractivity contribution in [3.63, 3.8) is 0 Å². The van der Waals surface area contributed by atoms with Crippen LogP contribution >= 0.6 is 0 Å². The van der Waals surface area contributed by atoms with Crippen molar-refractivity contribution in [2.75, 3.05) is 20.2 Å². The van der Waals surface area contributed by atoms with E-state index in [4.69, 9.17) is 9.88 Å². The van der Waals surface area contributed by atoms with Gasteiger partial charge in [-0.2, -0.15) is 0 Å². The summed E-state index contributed by atoms with van der Waals surface area (Å²) in [5.74, 6) is 1.15. The number of nitrogens with one attached hydrogen (secondary N) is 2. The van der Waals surface area contributed by atoms with Crippen LogP contribution in [0.2, 0.25) is 0 Å². The van der Waals surface area contributed by atoms with Crippen LogP contribution in [0.4, 0.5) is 0 Å². The lowest BCUT2D eigenvalue weighted by atomic mass is 9.96. The lowest BCUT2D eigenvalue weighted by Crippen LogP contribution is -2.23. The Hall–Kier alpha value is -2.42. The van der Waals surface area contributed by atoms with Crippen LogP contribution in [0.25, 0.3) is 0 Å². The Morgan fingerprint density at radius 3 is 2.61 bits per heavy atom. The number of hydrogen-bond acceptors (Lipinski definition) is 5. The highest BCUT2D eigenvalue weighted by atomic mass is 32.2. The van der Waals surface area contributed by atoms with Crippen molar-refractivity contribution in [1.82, 2.24) is 10.6 Å². The number of carbonyl (C=O) groups excluding carboxylic acids is 1. The number of ether oxygens (including phenoxy) is 1. The molecule has 7 nitrogen and oxygen atoms in total. The number of carbonyl (C=O) groups is 1. The number of methoxy groups -OCH3 is 1. The molecule has 1 aliphatic heterocycles. The van der Waals surface area contributed by atoms with Gasteiger partial charge in [-0.25, -0.2) is 13.6 Å². The number of nitrogens with two attached hydrogens (primary N) is 1. The van der Waals surface area contributed by atoms with Crippen LogP contribution in [0, 0.1) is 5.92 Å². The summed E-state index contributed by atoms with van der Waals surface area (Å²) in [7, 11) is -2.08. The predicted octanol–water partition coefficient (Wildman–Crippen LogP) is 1.42. The molecule has 8 heteroatoms. The minimum atomic E-state index is -3.72. The average molecular weight is 404 g/mol. The van der Waals surface area contributed by atoms with Crippen LogP contribution in [-0.4, -0.2) is 34.5 Å². The maximum atomic E-state index is 12.6. The largest absolute Gasteiger partial charge is 0.496 e. The van der Waals surface area contributed by atoms with Gasteiger partial charge in [0.15, 0.2) is 0 Å². The minimum absolute atomic E-state index is 0.0452. The second kappa shape index (κ2) is 8.72. The molecule has 28 heavy (non-hydrogen) atoms. The van der Waals surface area contributed by atoms with E-state index in [0.717, 1.165) is 42.8 Å². The number of rotatable bonds is 7. The van der Waals surface area contributed by atoms with Crippen molar-refractivity contribution in [3.8, 4) is 5.75 Å². The van der Waals surface area contributed by atoms with E-state index in [2.05, 4.69) is 10.6 Å². The zero-order valence-corrected chi connectivity index (χ0v) is 16.6. The second-order valence-electron chi connectivity index (χ2n) is 6.96. The summed E-state index contributed by atoms with van der Waals surface area (Å²) in [4.78, 5) is 12.6. The molecule has 1 unspecified atom stereocenters. The molecule has 1 fully saturated rings. The smallest absolute Gasteiger partial charge is 0.251 e. The average Bonchev–Trinajstić information content (AvgIpc) is 3.18. The summed E-state index contributed by atoms with van der Waals surface area (Å²) in [6.07, 6.45) is 1.99. The Balaban J connectivity index is 1.66. The van der Waals surface area contributed by atoms with Crippen molar-refractivity contribution >= 4 is 15.9 Å². The van der Waals surface area contributed by atoms with Gasteiger partial charge >= 0.3 is 0 Å². The van der Waals surface area contributed by atoms with Crippen molar-refractivity contribution in [2.24, 2.45) is 11.1 Å². The van der Waals surface area contributed by atoms with Crippen molar-refractivity contribution < 1.29 is 17.9 Å². The van der Waals surface area contributed by atoms with Crippen LogP contribution in [-0.2, 0) is 23.0 Å². The molecule has 3 rings (SSSR count). The van der Waals surface area contributed by atoms with Gasteiger partial charge in [0.25, 0.3) is 5.91 Å². The molecule has 1 atom stereocenters. The van der Waals surface area contributed by atoms with E-state index in [0.29, 0.717) is 11.5 Å². The topological polar surface area (TPSA) is 111 Å². The molecule has 2 aromatic rings. The fourth-order valence-corrected chi connectivity index (χ4v) is 3.88. The van der Waals surface area contributed by atoms with E-state index in [1.54, 1.807) is 25.3 Å². The molecule has 150 valence electrons. The molecule has 4 N–H and O–H groups in total. The molecule has 1 saturated heterocycles. The molecule has 1 heterocycles. The SMILES string of the molecule is COc1ccc(C(=O)NCc2ccc(S(N)(=O)=O)cc2)cc1CC1CCNC1. The van der Waals surface area contributed by atoms with Gasteiger partial charge in [0.05, 0.1) is 12.0 Å². The molecule has 0 saturated carbocycles. The molecule has 2 aromatic carbocycles. The first-order valence-corrected chi connectivity index (χ1v) is 10.7. The van der Waals surface area contributed by atoms with Crippen molar-refractivity contribution in [1.29, 1.82) is 0 Å².